The molecule has 0 saturated carbocycles. The maximum atomic E-state index is 4.72. The molecule has 2 aromatic heterocycles. The van der Waals surface area contributed by atoms with E-state index >= 15 is 0 Å². The Balaban J connectivity index is 1.43. The fourth-order valence-electron chi connectivity index (χ4n) is 2.59. The van der Waals surface area contributed by atoms with Crippen LogP contribution >= 0.6 is 11.3 Å². The molecule has 4 nitrogen and oxygen atoms in total. The van der Waals surface area contributed by atoms with Gasteiger partial charge in [0.1, 0.15) is 17.2 Å². The van der Waals surface area contributed by atoms with Crippen LogP contribution in [0.2, 0.25) is 0 Å². The van der Waals surface area contributed by atoms with Crippen LogP contribution in [0.3, 0.4) is 0 Å². The third-order valence-corrected chi connectivity index (χ3v) is 4.73. The zero-order valence-electron chi connectivity index (χ0n) is 13.0. The fourth-order valence-corrected chi connectivity index (χ4v) is 3.45. The predicted octanol–water partition coefficient (Wildman–Crippen LogP) is 4.41. The van der Waals surface area contributed by atoms with Crippen LogP contribution in [-0.2, 0) is 6.42 Å². The second kappa shape index (κ2) is 6.76. The molecule has 0 radical (unpaired) electrons. The minimum atomic E-state index is 0.791. The zero-order valence-corrected chi connectivity index (χ0v) is 13.8. The van der Waals surface area contributed by atoms with Gasteiger partial charge in [0.15, 0.2) is 0 Å². The molecular formula is C19H16N4S. The van der Waals surface area contributed by atoms with E-state index in [2.05, 4.69) is 32.8 Å². The first kappa shape index (κ1) is 14.8. The summed E-state index contributed by atoms with van der Waals surface area (Å²) in [6.45, 7) is 0.791. The van der Waals surface area contributed by atoms with Crippen LogP contribution < -0.4 is 5.32 Å². The summed E-state index contributed by atoms with van der Waals surface area (Å²) in [4.78, 5) is 13.4. The Morgan fingerprint density at radius 3 is 2.67 bits per heavy atom. The van der Waals surface area contributed by atoms with Crippen molar-refractivity contribution in [1.82, 2.24) is 15.0 Å². The van der Waals surface area contributed by atoms with Crippen LogP contribution in [-0.4, -0.2) is 21.5 Å². The van der Waals surface area contributed by atoms with E-state index in [1.165, 1.54) is 5.56 Å². The van der Waals surface area contributed by atoms with Crippen LogP contribution in [0.1, 0.15) is 5.69 Å². The number of thiazole rings is 1. The Kier molecular flexibility index (Phi) is 4.16. The highest BCUT2D eigenvalue weighted by Gasteiger charge is 2.05. The van der Waals surface area contributed by atoms with Crippen molar-refractivity contribution in [2.45, 2.75) is 6.42 Å². The van der Waals surface area contributed by atoms with E-state index in [4.69, 9.17) is 4.98 Å². The van der Waals surface area contributed by atoms with Crippen LogP contribution in [0.4, 0.5) is 5.82 Å². The monoisotopic (exact) mass is 332 g/mol. The highest BCUT2D eigenvalue weighted by Crippen LogP contribution is 2.23. The van der Waals surface area contributed by atoms with Gasteiger partial charge in [-0.05, 0) is 12.1 Å². The standard InChI is InChI=1S/C19H16N4S/c1-2-6-14(7-3-1)19-23-15(12-24-19)10-11-20-18-16-8-4-5-9-17(16)21-13-22-18/h1-9,12-13H,10-11H2,(H,20,21,22). The highest BCUT2D eigenvalue weighted by molar-refractivity contribution is 7.13. The van der Waals surface area contributed by atoms with Gasteiger partial charge in [-0.15, -0.1) is 11.3 Å². The molecule has 2 heterocycles. The van der Waals surface area contributed by atoms with Gasteiger partial charge in [-0.2, -0.15) is 0 Å². The molecule has 0 aliphatic carbocycles. The molecule has 1 N–H and O–H groups in total. The van der Waals surface area contributed by atoms with Gasteiger partial charge in [-0.3, -0.25) is 0 Å². The third kappa shape index (κ3) is 3.12. The van der Waals surface area contributed by atoms with Gasteiger partial charge in [0.2, 0.25) is 0 Å². The SMILES string of the molecule is c1ccc(-c2nc(CCNc3ncnc4ccccc34)cs2)cc1. The highest BCUT2D eigenvalue weighted by atomic mass is 32.1. The lowest BCUT2D eigenvalue weighted by Crippen LogP contribution is -2.07. The summed E-state index contributed by atoms with van der Waals surface area (Å²) < 4.78 is 0. The first-order chi connectivity index (χ1) is 11.9. The summed E-state index contributed by atoms with van der Waals surface area (Å²) in [5.41, 5.74) is 3.23. The number of hydrogen-bond acceptors (Lipinski definition) is 5. The topological polar surface area (TPSA) is 50.7 Å². The van der Waals surface area contributed by atoms with Gasteiger partial charge in [-0.1, -0.05) is 42.5 Å². The minimum absolute atomic E-state index is 0.791. The Hall–Kier alpha value is -2.79. The number of para-hydroxylation sites is 1. The normalized spacial score (nSPS) is 10.8. The number of rotatable bonds is 5. The van der Waals surface area contributed by atoms with E-state index in [1.807, 2.05) is 42.5 Å². The molecule has 4 rings (SSSR count). The van der Waals surface area contributed by atoms with Crippen molar-refractivity contribution in [2.75, 3.05) is 11.9 Å². The molecule has 0 saturated heterocycles. The second-order valence-electron chi connectivity index (χ2n) is 5.43. The lowest BCUT2D eigenvalue weighted by molar-refractivity contribution is 0.970. The molecule has 0 bridgehead atoms. The fraction of sp³-hybridized carbons (Fsp3) is 0.105. The molecule has 0 atom stereocenters. The number of hydrogen-bond donors (Lipinski definition) is 1. The molecule has 24 heavy (non-hydrogen) atoms. The summed E-state index contributed by atoms with van der Waals surface area (Å²) in [6.07, 6.45) is 2.46. The van der Waals surface area contributed by atoms with Crippen LogP contribution in [0.25, 0.3) is 21.5 Å². The van der Waals surface area contributed by atoms with Crippen molar-refractivity contribution in [3.05, 3.63) is 72.0 Å². The van der Waals surface area contributed by atoms with Crippen LogP contribution in [0, 0.1) is 0 Å². The molecule has 2 aromatic carbocycles. The van der Waals surface area contributed by atoms with Crippen molar-refractivity contribution >= 4 is 28.1 Å². The zero-order chi connectivity index (χ0) is 16.2. The maximum absolute atomic E-state index is 4.72. The van der Waals surface area contributed by atoms with Crippen molar-refractivity contribution in [1.29, 1.82) is 0 Å². The van der Waals surface area contributed by atoms with E-state index in [-0.39, 0.29) is 0 Å². The Morgan fingerprint density at radius 1 is 0.917 bits per heavy atom. The van der Waals surface area contributed by atoms with Crippen molar-refractivity contribution in [2.24, 2.45) is 0 Å². The van der Waals surface area contributed by atoms with Gasteiger partial charge in [0.25, 0.3) is 0 Å². The van der Waals surface area contributed by atoms with E-state index in [1.54, 1.807) is 17.7 Å². The first-order valence-electron chi connectivity index (χ1n) is 7.83. The molecule has 0 aliphatic heterocycles. The molecule has 0 unspecified atom stereocenters. The number of nitrogens with zero attached hydrogens (tertiary/aromatic N) is 3. The maximum Gasteiger partial charge on any atom is 0.137 e. The molecule has 0 aliphatic rings. The van der Waals surface area contributed by atoms with Crippen molar-refractivity contribution in [3.8, 4) is 10.6 Å². The molecule has 5 heteroatoms. The molecule has 4 aromatic rings. The van der Waals surface area contributed by atoms with Crippen molar-refractivity contribution < 1.29 is 0 Å². The lowest BCUT2D eigenvalue weighted by Gasteiger charge is -2.07. The van der Waals surface area contributed by atoms with E-state index in [9.17, 15) is 0 Å². The predicted molar refractivity (Wildman–Crippen MR) is 99.3 cm³/mol. The largest absolute Gasteiger partial charge is 0.369 e. The Morgan fingerprint density at radius 2 is 1.75 bits per heavy atom. The Bertz CT molecular complexity index is 944. The number of aromatic nitrogens is 3. The average Bonchev–Trinajstić information content (AvgIpc) is 3.12. The van der Waals surface area contributed by atoms with Crippen molar-refractivity contribution in [3.63, 3.8) is 0 Å². The number of benzene rings is 2. The van der Waals surface area contributed by atoms with Crippen LogP contribution in [0.5, 0.6) is 0 Å². The lowest BCUT2D eigenvalue weighted by atomic mass is 10.2. The first-order valence-corrected chi connectivity index (χ1v) is 8.71. The van der Waals surface area contributed by atoms with Gasteiger partial charge in [-0.25, -0.2) is 15.0 Å². The molecule has 0 amide bonds. The second-order valence-corrected chi connectivity index (χ2v) is 6.28. The molecule has 0 spiro atoms. The van der Waals surface area contributed by atoms with E-state index in [0.29, 0.717) is 0 Å². The number of nitrogens with one attached hydrogen (secondary N) is 1. The minimum Gasteiger partial charge on any atom is -0.369 e. The summed E-state index contributed by atoms with van der Waals surface area (Å²) in [5, 5.41) is 7.64. The quantitative estimate of drug-likeness (QED) is 0.588. The third-order valence-electron chi connectivity index (χ3n) is 3.79. The van der Waals surface area contributed by atoms with Gasteiger partial charge < -0.3 is 5.32 Å². The summed E-state index contributed by atoms with van der Waals surface area (Å²) >= 11 is 1.69. The van der Waals surface area contributed by atoms with Gasteiger partial charge in [0.05, 0.1) is 11.2 Å². The molecular weight excluding hydrogens is 316 g/mol. The average molecular weight is 332 g/mol. The van der Waals surface area contributed by atoms with Gasteiger partial charge in [0, 0.05) is 29.3 Å². The molecule has 118 valence electrons. The summed E-state index contributed by atoms with van der Waals surface area (Å²) in [7, 11) is 0. The summed E-state index contributed by atoms with van der Waals surface area (Å²) in [6, 6.07) is 18.3. The molecule has 0 fully saturated rings. The van der Waals surface area contributed by atoms with Gasteiger partial charge >= 0.3 is 0 Å². The summed E-state index contributed by atoms with van der Waals surface area (Å²) in [5.74, 6) is 0.874. The van der Waals surface area contributed by atoms with E-state index < -0.39 is 0 Å². The number of fused-ring (bicyclic) bond motifs is 1. The Labute approximate surface area is 144 Å². The smallest absolute Gasteiger partial charge is 0.137 e. The van der Waals surface area contributed by atoms with Crippen LogP contribution in [0.15, 0.2) is 66.3 Å². The number of anilines is 1. The van der Waals surface area contributed by atoms with E-state index in [0.717, 1.165) is 40.4 Å².